The maximum absolute atomic E-state index is 4.54. The van der Waals surface area contributed by atoms with Gasteiger partial charge in [-0.2, -0.15) is 0 Å². The number of hydrogen-bond acceptors (Lipinski definition) is 3. The topological polar surface area (TPSA) is 28.2 Å². The van der Waals surface area contributed by atoms with E-state index in [4.69, 9.17) is 0 Å². The Morgan fingerprint density at radius 3 is 3.11 bits per heavy atom. The van der Waals surface area contributed by atoms with Gasteiger partial charge in [0.15, 0.2) is 0 Å². The first kappa shape index (κ1) is 13.3. The van der Waals surface area contributed by atoms with Crippen LogP contribution < -0.4 is 10.2 Å². The Morgan fingerprint density at radius 2 is 2.28 bits per heavy atom. The van der Waals surface area contributed by atoms with Crippen molar-refractivity contribution >= 4 is 5.82 Å². The predicted molar refractivity (Wildman–Crippen MR) is 76.8 cm³/mol. The Kier molecular flexibility index (Phi) is 5.00. The van der Waals surface area contributed by atoms with Crippen LogP contribution in [0.4, 0.5) is 5.82 Å². The summed E-state index contributed by atoms with van der Waals surface area (Å²) in [6, 6.07) is 4.34. The highest BCUT2D eigenvalue weighted by Crippen LogP contribution is 2.21. The van der Waals surface area contributed by atoms with E-state index in [1.54, 1.807) is 0 Å². The number of anilines is 1. The molecule has 2 heterocycles. The molecule has 0 saturated carbocycles. The molecule has 0 radical (unpaired) electrons. The molecule has 1 unspecified atom stereocenters. The molecule has 0 spiro atoms. The highest BCUT2D eigenvalue weighted by molar-refractivity contribution is 5.41. The van der Waals surface area contributed by atoms with Crippen molar-refractivity contribution in [3.63, 3.8) is 0 Å². The van der Waals surface area contributed by atoms with Crippen molar-refractivity contribution in [2.24, 2.45) is 5.92 Å². The molecule has 1 aliphatic heterocycles. The van der Waals surface area contributed by atoms with Gasteiger partial charge in [-0.25, -0.2) is 4.98 Å². The molecule has 1 fully saturated rings. The van der Waals surface area contributed by atoms with Crippen molar-refractivity contribution in [2.45, 2.75) is 39.7 Å². The van der Waals surface area contributed by atoms with E-state index in [1.165, 1.54) is 24.8 Å². The molecule has 100 valence electrons. The van der Waals surface area contributed by atoms with E-state index in [0.717, 1.165) is 37.9 Å². The van der Waals surface area contributed by atoms with Crippen molar-refractivity contribution in [1.82, 2.24) is 10.3 Å². The van der Waals surface area contributed by atoms with E-state index in [0.29, 0.717) is 0 Å². The quantitative estimate of drug-likeness (QED) is 0.887. The van der Waals surface area contributed by atoms with Gasteiger partial charge in [0.2, 0.25) is 0 Å². The maximum Gasteiger partial charge on any atom is 0.128 e. The average Bonchev–Trinajstić information content (AvgIpc) is 2.61. The van der Waals surface area contributed by atoms with Crippen LogP contribution in [0.25, 0.3) is 0 Å². The van der Waals surface area contributed by atoms with Crippen LogP contribution >= 0.6 is 0 Å². The molecule has 0 bridgehead atoms. The van der Waals surface area contributed by atoms with E-state index in [9.17, 15) is 0 Å². The maximum atomic E-state index is 4.54. The van der Waals surface area contributed by atoms with Crippen molar-refractivity contribution in [2.75, 3.05) is 24.5 Å². The van der Waals surface area contributed by atoms with Crippen LogP contribution in [0, 0.1) is 5.92 Å². The zero-order valence-corrected chi connectivity index (χ0v) is 11.7. The summed E-state index contributed by atoms with van der Waals surface area (Å²) in [4.78, 5) is 6.98. The molecule has 1 aliphatic rings. The molecule has 0 amide bonds. The Balaban J connectivity index is 2.02. The van der Waals surface area contributed by atoms with Gasteiger partial charge in [0, 0.05) is 25.8 Å². The lowest BCUT2D eigenvalue weighted by Gasteiger charge is -2.22. The third-order valence-corrected chi connectivity index (χ3v) is 3.73. The monoisotopic (exact) mass is 247 g/mol. The second-order valence-electron chi connectivity index (χ2n) is 5.33. The number of nitrogens with one attached hydrogen (secondary N) is 1. The fourth-order valence-corrected chi connectivity index (χ4v) is 2.50. The fraction of sp³-hybridized carbons (Fsp3) is 0.667. The van der Waals surface area contributed by atoms with E-state index >= 15 is 0 Å². The summed E-state index contributed by atoms with van der Waals surface area (Å²) >= 11 is 0. The summed E-state index contributed by atoms with van der Waals surface area (Å²) in [6.07, 6.45) is 5.88. The van der Waals surface area contributed by atoms with Gasteiger partial charge in [0.25, 0.3) is 0 Å². The minimum absolute atomic E-state index is 0.861. The summed E-state index contributed by atoms with van der Waals surface area (Å²) in [5, 5.41) is 3.37. The Bertz CT molecular complexity index is 365. The van der Waals surface area contributed by atoms with Gasteiger partial charge in [-0.05, 0) is 49.4 Å². The molecular formula is C15H25N3. The molecule has 1 aromatic heterocycles. The van der Waals surface area contributed by atoms with Crippen LogP contribution in [0.1, 0.15) is 38.7 Å². The van der Waals surface area contributed by atoms with Gasteiger partial charge in [-0.3, -0.25) is 0 Å². The molecule has 1 aromatic rings. The van der Waals surface area contributed by atoms with Crippen molar-refractivity contribution < 1.29 is 0 Å². The second kappa shape index (κ2) is 6.74. The lowest BCUT2D eigenvalue weighted by atomic mass is 10.0. The van der Waals surface area contributed by atoms with Gasteiger partial charge in [0.1, 0.15) is 5.82 Å². The Morgan fingerprint density at radius 1 is 1.39 bits per heavy atom. The molecule has 1 atom stereocenters. The number of rotatable bonds is 4. The van der Waals surface area contributed by atoms with E-state index in [-0.39, 0.29) is 0 Å². The summed E-state index contributed by atoms with van der Waals surface area (Å²) in [5.41, 5.74) is 1.33. The third kappa shape index (κ3) is 3.70. The lowest BCUT2D eigenvalue weighted by Crippen LogP contribution is -2.25. The fourth-order valence-electron chi connectivity index (χ4n) is 2.50. The minimum Gasteiger partial charge on any atom is -0.357 e. The highest BCUT2D eigenvalue weighted by Gasteiger charge is 2.15. The minimum atomic E-state index is 0.861. The molecule has 18 heavy (non-hydrogen) atoms. The first-order chi connectivity index (χ1) is 8.79. The van der Waals surface area contributed by atoms with Crippen LogP contribution in [0.15, 0.2) is 18.3 Å². The van der Waals surface area contributed by atoms with Gasteiger partial charge in [-0.1, -0.05) is 13.8 Å². The zero-order valence-electron chi connectivity index (χ0n) is 11.7. The van der Waals surface area contributed by atoms with Crippen LogP contribution in [0.2, 0.25) is 0 Å². The van der Waals surface area contributed by atoms with Crippen molar-refractivity contribution in [3.05, 3.63) is 23.9 Å². The average molecular weight is 247 g/mol. The first-order valence-corrected chi connectivity index (χ1v) is 7.20. The van der Waals surface area contributed by atoms with E-state index < -0.39 is 0 Å². The zero-order chi connectivity index (χ0) is 12.8. The first-order valence-electron chi connectivity index (χ1n) is 7.20. The summed E-state index contributed by atoms with van der Waals surface area (Å²) in [7, 11) is 0. The van der Waals surface area contributed by atoms with Crippen LogP contribution in [-0.4, -0.2) is 24.6 Å². The van der Waals surface area contributed by atoms with E-state index in [2.05, 4.69) is 41.2 Å². The number of nitrogens with zero attached hydrogens (tertiary/aromatic N) is 2. The summed E-state index contributed by atoms with van der Waals surface area (Å²) < 4.78 is 0. The van der Waals surface area contributed by atoms with E-state index in [1.807, 2.05) is 6.20 Å². The van der Waals surface area contributed by atoms with Gasteiger partial charge in [0.05, 0.1) is 0 Å². The Labute approximate surface area is 111 Å². The lowest BCUT2D eigenvalue weighted by molar-refractivity contribution is 0.521. The van der Waals surface area contributed by atoms with Crippen molar-refractivity contribution in [3.8, 4) is 0 Å². The smallest absolute Gasteiger partial charge is 0.128 e. The van der Waals surface area contributed by atoms with Crippen LogP contribution in [-0.2, 0) is 6.54 Å². The highest BCUT2D eigenvalue weighted by atomic mass is 15.2. The van der Waals surface area contributed by atoms with Gasteiger partial charge >= 0.3 is 0 Å². The molecule has 0 aliphatic carbocycles. The molecule has 3 heteroatoms. The van der Waals surface area contributed by atoms with Crippen LogP contribution in [0.5, 0.6) is 0 Å². The molecule has 2 rings (SSSR count). The van der Waals surface area contributed by atoms with Gasteiger partial charge < -0.3 is 10.2 Å². The predicted octanol–water partition coefficient (Wildman–Crippen LogP) is 2.82. The summed E-state index contributed by atoms with van der Waals surface area (Å²) in [6.45, 7) is 8.76. The van der Waals surface area contributed by atoms with Crippen molar-refractivity contribution in [1.29, 1.82) is 0 Å². The van der Waals surface area contributed by atoms with Gasteiger partial charge in [-0.15, -0.1) is 0 Å². The largest absolute Gasteiger partial charge is 0.357 e. The molecule has 3 nitrogen and oxygen atoms in total. The normalized spacial score (nSPS) is 20.8. The molecule has 1 saturated heterocycles. The second-order valence-corrected chi connectivity index (χ2v) is 5.33. The number of hydrogen-bond donors (Lipinski definition) is 1. The van der Waals surface area contributed by atoms with Crippen LogP contribution in [0.3, 0.4) is 0 Å². The third-order valence-electron chi connectivity index (χ3n) is 3.73. The summed E-state index contributed by atoms with van der Waals surface area (Å²) in [5.74, 6) is 2.01. The number of aromatic nitrogens is 1. The molecule has 1 N–H and O–H groups in total. The molecular weight excluding hydrogens is 222 g/mol. The number of pyridine rings is 1. The standard InChI is InChI=1S/C15H25N3/c1-3-16-12-14-6-8-17-15(11-14)18-9-4-5-13(2)7-10-18/h6,8,11,13,16H,3-5,7,9-10,12H2,1-2H3. The Hall–Kier alpha value is -1.09. The molecule has 0 aromatic carbocycles. The SMILES string of the molecule is CCNCc1ccnc(N2CCCC(C)CC2)c1.